The van der Waals surface area contributed by atoms with Crippen LogP contribution in [0.4, 0.5) is 0 Å². The van der Waals surface area contributed by atoms with Crippen LogP contribution in [-0.2, 0) is 27.4 Å². The highest BCUT2D eigenvalue weighted by Crippen LogP contribution is 2.35. The van der Waals surface area contributed by atoms with Gasteiger partial charge in [0.25, 0.3) is 5.91 Å². The smallest absolute Gasteiger partial charge is 0.341 e. The van der Waals surface area contributed by atoms with Crippen molar-refractivity contribution < 1.29 is 24.3 Å². The molecule has 3 aromatic rings. The number of primary amides is 1. The van der Waals surface area contributed by atoms with Gasteiger partial charge < -0.3 is 25.0 Å². The normalized spacial score (nSPS) is 11.5. The van der Waals surface area contributed by atoms with Crippen LogP contribution < -0.4 is 10.5 Å². The molecule has 0 unspecified atom stereocenters. The zero-order valence-electron chi connectivity index (χ0n) is 16.8. The van der Waals surface area contributed by atoms with E-state index in [-0.39, 0.29) is 5.71 Å². The second-order valence-electron chi connectivity index (χ2n) is 6.57. The summed E-state index contributed by atoms with van der Waals surface area (Å²) in [6.45, 7) is 1.99. The van der Waals surface area contributed by atoms with Crippen molar-refractivity contribution in [1.82, 2.24) is 4.57 Å². The Balaban J connectivity index is 2.33. The van der Waals surface area contributed by atoms with Gasteiger partial charge in [-0.05, 0) is 24.1 Å². The van der Waals surface area contributed by atoms with Gasteiger partial charge in [-0.3, -0.25) is 4.79 Å². The van der Waals surface area contributed by atoms with Gasteiger partial charge in [0.05, 0.1) is 10.9 Å². The van der Waals surface area contributed by atoms with E-state index in [0.717, 1.165) is 16.8 Å². The summed E-state index contributed by atoms with van der Waals surface area (Å²) in [4.78, 5) is 28.2. The quantitative estimate of drug-likeness (QED) is 0.416. The van der Waals surface area contributed by atoms with Gasteiger partial charge in [-0.25, -0.2) is 4.79 Å². The minimum absolute atomic E-state index is 0.0439. The fourth-order valence-electron chi connectivity index (χ4n) is 3.55. The zero-order valence-corrected chi connectivity index (χ0v) is 16.8. The first-order valence-corrected chi connectivity index (χ1v) is 9.41. The predicted octanol–water partition coefficient (Wildman–Crippen LogP) is 2.55. The molecule has 0 aliphatic carbocycles. The monoisotopic (exact) mass is 409 g/mol. The lowest BCUT2D eigenvalue weighted by Crippen LogP contribution is -2.26. The summed E-state index contributed by atoms with van der Waals surface area (Å²) in [6, 6.07) is 15.2. The fourth-order valence-corrected chi connectivity index (χ4v) is 3.55. The molecule has 0 radical (unpaired) electrons. The Hall–Kier alpha value is -3.81. The number of ether oxygens (including phenoxy) is 1. The molecule has 3 rings (SSSR count). The van der Waals surface area contributed by atoms with Crippen LogP contribution in [0.15, 0.2) is 53.7 Å². The molecule has 0 spiro atoms. The zero-order chi connectivity index (χ0) is 21.7. The number of carbonyl (C=O) groups excluding carboxylic acids is 1. The standard InChI is InChI=1S/C22H23N3O5/c1-3-15-20(21(22(23)28)24-29-2)19-16(10-7-11-17(19)30-13-18(26)27)25(15)12-14-8-5-4-6-9-14/h4-11H,3,12-13H2,1-2H3,(H2,23,28)(H,26,27)/b24-21-. The molecule has 8 heteroatoms. The van der Waals surface area contributed by atoms with Crippen molar-refractivity contribution in [3.63, 3.8) is 0 Å². The Bertz CT molecular complexity index is 1100. The van der Waals surface area contributed by atoms with Crippen LogP contribution in [-0.4, -0.2) is 41.0 Å². The number of aliphatic carboxylic acids is 1. The number of carboxylic acids is 1. The number of benzene rings is 2. The van der Waals surface area contributed by atoms with Crippen molar-refractivity contribution >= 4 is 28.5 Å². The SMILES string of the molecule is CCc1c(/C(=N/OC)C(N)=O)c2c(OCC(=O)O)cccc2n1Cc1ccccc1. The Morgan fingerprint density at radius 2 is 1.87 bits per heavy atom. The molecule has 0 aliphatic rings. The number of carbonyl (C=O) groups is 2. The number of hydrogen-bond acceptors (Lipinski definition) is 5. The first-order valence-electron chi connectivity index (χ1n) is 9.41. The molecule has 0 saturated heterocycles. The lowest BCUT2D eigenvalue weighted by Gasteiger charge is -2.11. The largest absolute Gasteiger partial charge is 0.481 e. The first-order chi connectivity index (χ1) is 14.5. The fraction of sp³-hybridized carbons (Fsp3) is 0.227. The number of rotatable bonds is 9. The molecule has 0 aliphatic heterocycles. The van der Waals surface area contributed by atoms with Crippen LogP contribution in [0, 0.1) is 0 Å². The van der Waals surface area contributed by atoms with Crippen molar-refractivity contribution in [3.05, 3.63) is 65.4 Å². The molecular formula is C22H23N3O5. The molecular weight excluding hydrogens is 386 g/mol. The summed E-state index contributed by atoms with van der Waals surface area (Å²) >= 11 is 0. The second kappa shape index (κ2) is 9.13. The molecule has 8 nitrogen and oxygen atoms in total. The lowest BCUT2D eigenvalue weighted by atomic mass is 10.0. The van der Waals surface area contributed by atoms with Crippen LogP contribution in [0.25, 0.3) is 10.9 Å². The molecule has 0 fully saturated rings. The highest BCUT2D eigenvalue weighted by Gasteiger charge is 2.26. The van der Waals surface area contributed by atoms with Crippen molar-refractivity contribution in [2.24, 2.45) is 10.9 Å². The molecule has 1 heterocycles. The first kappa shape index (κ1) is 20.9. The van der Waals surface area contributed by atoms with Crippen molar-refractivity contribution in [2.75, 3.05) is 13.7 Å². The highest BCUT2D eigenvalue weighted by atomic mass is 16.6. The number of nitrogens with two attached hydrogens (primary N) is 1. The molecule has 1 amide bonds. The van der Waals surface area contributed by atoms with E-state index < -0.39 is 18.5 Å². The van der Waals surface area contributed by atoms with Gasteiger partial charge in [0.15, 0.2) is 12.3 Å². The number of carboxylic acid groups (broad SMARTS) is 1. The Labute approximate surface area is 173 Å². The van der Waals surface area contributed by atoms with Crippen LogP contribution in [0.5, 0.6) is 5.75 Å². The number of amides is 1. The summed E-state index contributed by atoms with van der Waals surface area (Å²) in [5, 5.41) is 13.5. The Kier molecular flexibility index (Phi) is 6.36. The van der Waals surface area contributed by atoms with Gasteiger partial charge in [-0.15, -0.1) is 0 Å². The summed E-state index contributed by atoms with van der Waals surface area (Å²) in [5.41, 5.74) is 8.71. The molecule has 0 saturated carbocycles. The second-order valence-corrected chi connectivity index (χ2v) is 6.57. The van der Waals surface area contributed by atoms with E-state index in [1.165, 1.54) is 7.11 Å². The molecule has 3 N–H and O–H groups in total. The van der Waals surface area contributed by atoms with Crippen molar-refractivity contribution in [1.29, 1.82) is 0 Å². The van der Waals surface area contributed by atoms with E-state index in [1.54, 1.807) is 12.1 Å². The number of fused-ring (bicyclic) bond motifs is 1. The Morgan fingerprint density at radius 3 is 2.47 bits per heavy atom. The van der Waals surface area contributed by atoms with E-state index in [4.69, 9.17) is 20.4 Å². The highest BCUT2D eigenvalue weighted by molar-refractivity contribution is 6.47. The van der Waals surface area contributed by atoms with Crippen LogP contribution >= 0.6 is 0 Å². The van der Waals surface area contributed by atoms with Gasteiger partial charge in [0, 0.05) is 17.8 Å². The minimum Gasteiger partial charge on any atom is -0.481 e. The van der Waals surface area contributed by atoms with E-state index >= 15 is 0 Å². The van der Waals surface area contributed by atoms with Crippen LogP contribution in [0.1, 0.15) is 23.7 Å². The summed E-state index contributed by atoms with van der Waals surface area (Å²) in [7, 11) is 1.33. The maximum Gasteiger partial charge on any atom is 0.341 e. The van der Waals surface area contributed by atoms with Crippen LogP contribution in [0.2, 0.25) is 0 Å². The molecule has 2 aromatic carbocycles. The van der Waals surface area contributed by atoms with Crippen molar-refractivity contribution in [2.45, 2.75) is 19.9 Å². The summed E-state index contributed by atoms with van der Waals surface area (Å²) in [6.07, 6.45) is 0.575. The number of hydrogen-bond donors (Lipinski definition) is 2. The molecule has 156 valence electrons. The van der Waals surface area contributed by atoms with E-state index in [9.17, 15) is 9.59 Å². The molecule has 30 heavy (non-hydrogen) atoms. The van der Waals surface area contributed by atoms with Gasteiger partial charge >= 0.3 is 5.97 Å². The van der Waals surface area contributed by atoms with Gasteiger partial charge in [-0.1, -0.05) is 48.5 Å². The third-order valence-electron chi connectivity index (χ3n) is 4.68. The minimum atomic E-state index is -1.10. The van der Waals surface area contributed by atoms with Crippen molar-refractivity contribution in [3.8, 4) is 5.75 Å². The summed E-state index contributed by atoms with van der Waals surface area (Å²) < 4.78 is 7.59. The van der Waals surface area contributed by atoms with E-state index in [2.05, 4.69) is 9.72 Å². The maximum atomic E-state index is 12.2. The average molecular weight is 409 g/mol. The van der Waals surface area contributed by atoms with Gasteiger partial charge in [0.2, 0.25) is 0 Å². The molecule has 1 aromatic heterocycles. The predicted molar refractivity (Wildman–Crippen MR) is 113 cm³/mol. The molecule has 0 bridgehead atoms. The average Bonchev–Trinajstić information content (AvgIpc) is 3.04. The third-order valence-corrected chi connectivity index (χ3v) is 4.68. The lowest BCUT2D eigenvalue weighted by molar-refractivity contribution is -0.139. The van der Waals surface area contributed by atoms with Gasteiger partial charge in [-0.2, -0.15) is 0 Å². The summed E-state index contributed by atoms with van der Waals surface area (Å²) in [5.74, 6) is -1.52. The van der Waals surface area contributed by atoms with Crippen LogP contribution in [0.3, 0.4) is 0 Å². The number of nitrogens with zero attached hydrogens (tertiary/aromatic N) is 2. The Morgan fingerprint density at radius 1 is 1.13 bits per heavy atom. The van der Waals surface area contributed by atoms with Gasteiger partial charge in [0.1, 0.15) is 12.9 Å². The number of aromatic nitrogens is 1. The maximum absolute atomic E-state index is 12.2. The van der Waals surface area contributed by atoms with E-state index in [1.807, 2.05) is 43.3 Å². The number of oxime groups is 1. The topological polar surface area (TPSA) is 116 Å². The third kappa shape index (κ3) is 4.12. The van der Waals surface area contributed by atoms with E-state index in [0.29, 0.717) is 29.7 Å². The molecule has 0 atom stereocenters.